The number of benzene rings is 1. The maximum Gasteiger partial charge on any atom is 0.303 e. The molecular formula is C17H26O3. The Hall–Kier alpha value is -1.77. The molecule has 0 amide bonds. The van der Waals surface area contributed by atoms with Crippen molar-refractivity contribution in [1.29, 1.82) is 0 Å². The first kappa shape index (κ1) is 18.2. The minimum absolute atomic E-state index is 0.197. The summed E-state index contributed by atoms with van der Waals surface area (Å²) in [4.78, 5) is 10.7. The minimum Gasteiger partial charge on any atom is -0.458 e. The van der Waals surface area contributed by atoms with Crippen LogP contribution in [0.4, 0.5) is 0 Å². The first-order valence-electron chi connectivity index (χ1n) is 7.19. The van der Waals surface area contributed by atoms with Gasteiger partial charge in [-0.3, -0.25) is 4.79 Å². The second kappa shape index (κ2) is 9.18. The summed E-state index contributed by atoms with van der Waals surface area (Å²) >= 11 is 0. The van der Waals surface area contributed by atoms with Crippen LogP contribution in [-0.2, 0) is 16.1 Å². The van der Waals surface area contributed by atoms with Gasteiger partial charge in [-0.2, -0.15) is 0 Å². The van der Waals surface area contributed by atoms with Gasteiger partial charge < -0.3 is 9.15 Å². The fraction of sp³-hybridized carbons (Fsp3) is 0.471. The molecule has 0 radical (unpaired) electrons. The van der Waals surface area contributed by atoms with Crippen molar-refractivity contribution in [2.24, 2.45) is 0 Å². The molecule has 0 fully saturated rings. The molecule has 0 saturated heterocycles. The monoisotopic (exact) mass is 278 g/mol. The first-order valence-corrected chi connectivity index (χ1v) is 7.19. The Labute approximate surface area is 121 Å². The number of ether oxygens (including phenoxy) is 1. The standard InChI is InChI=1S/C13H14O3.2C2H6/c1-8-4-9(2)13-11(5-8)6-12(16-13)7-15-10(3)14;2*1-2/h4-6H,7H2,1-3H3;2*1-2H3. The van der Waals surface area contributed by atoms with Crippen molar-refractivity contribution in [3.63, 3.8) is 0 Å². The molecular weight excluding hydrogens is 252 g/mol. The summed E-state index contributed by atoms with van der Waals surface area (Å²) in [6.45, 7) is 13.6. The third kappa shape index (κ3) is 5.08. The molecule has 3 heteroatoms. The van der Waals surface area contributed by atoms with E-state index < -0.39 is 0 Å². The lowest BCUT2D eigenvalue weighted by atomic mass is 10.1. The second-order valence-electron chi connectivity index (χ2n) is 3.99. The maximum atomic E-state index is 10.7. The van der Waals surface area contributed by atoms with Gasteiger partial charge in [-0.15, -0.1) is 0 Å². The van der Waals surface area contributed by atoms with Crippen molar-refractivity contribution >= 4 is 16.9 Å². The summed E-state index contributed by atoms with van der Waals surface area (Å²) < 4.78 is 10.5. The van der Waals surface area contributed by atoms with Gasteiger partial charge in [0.05, 0.1) is 0 Å². The number of aryl methyl sites for hydroxylation is 2. The second-order valence-corrected chi connectivity index (χ2v) is 3.99. The highest BCUT2D eigenvalue weighted by Crippen LogP contribution is 2.24. The molecule has 1 heterocycles. The van der Waals surface area contributed by atoms with Gasteiger partial charge in [0.2, 0.25) is 0 Å². The van der Waals surface area contributed by atoms with Gasteiger partial charge in [-0.05, 0) is 31.5 Å². The predicted molar refractivity (Wildman–Crippen MR) is 83.9 cm³/mol. The van der Waals surface area contributed by atoms with Crippen LogP contribution >= 0.6 is 0 Å². The van der Waals surface area contributed by atoms with Crippen molar-refractivity contribution in [2.75, 3.05) is 0 Å². The van der Waals surface area contributed by atoms with Crippen LogP contribution in [0, 0.1) is 13.8 Å². The van der Waals surface area contributed by atoms with Crippen LogP contribution < -0.4 is 0 Å². The van der Waals surface area contributed by atoms with Crippen LogP contribution in [0.15, 0.2) is 22.6 Å². The number of fused-ring (bicyclic) bond motifs is 1. The molecule has 0 saturated carbocycles. The number of hydrogen-bond acceptors (Lipinski definition) is 3. The molecule has 1 aromatic heterocycles. The molecule has 20 heavy (non-hydrogen) atoms. The van der Waals surface area contributed by atoms with Gasteiger partial charge in [0.15, 0.2) is 0 Å². The summed E-state index contributed by atoms with van der Waals surface area (Å²) in [5.74, 6) is 0.382. The van der Waals surface area contributed by atoms with E-state index in [1.165, 1.54) is 12.5 Å². The van der Waals surface area contributed by atoms with Crippen molar-refractivity contribution in [2.45, 2.75) is 55.1 Å². The topological polar surface area (TPSA) is 39.4 Å². The summed E-state index contributed by atoms with van der Waals surface area (Å²) in [6, 6.07) is 6.04. The summed E-state index contributed by atoms with van der Waals surface area (Å²) in [5, 5.41) is 1.06. The molecule has 0 aliphatic carbocycles. The number of furan rings is 1. The average Bonchev–Trinajstić information content (AvgIpc) is 2.84. The molecule has 0 bridgehead atoms. The Balaban J connectivity index is 0.000000829. The Morgan fingerprint density at radius 1 is 1.10 bits per heavy atom. The molecule has 0 unspecified atom stereocenters. The summed E-state index contributed by atoms with van der Waals surface area (Å²) in [5.41, 5.74) is 3.17. The highest BCUT2D eigenvalue weighted by atomic mass is 16.5. The molecule has 0 aliphatic heterocycles. The van der Waals surface area contributed by atoms with E-state index in [2.05, 4.69) is 12.1 Å². The van der Waals surface area contributed by atoms with E-state index in [-0.39, 0.29) is 12.6 Å². The molecule has 2 rings (SSSR count). The lowest BCUT2D eigenvalue weighted by Crippen LogP contribution is -1.97. The lowest BCUT2D eigenvalue weighted by Gasteiger charge is -1.97. The third-order valence-corrected chi connectivity index (χ3v) is 2.42. The van der Waals surface area contributed by atoms with Crippen molar-refractivity contribution in [3.8, 4) is 0 Å². The number of carbonyl (C=O) groups is 1. The van der Waals surface area contributed by atoms with Crippen LogP contribution in [0.25, 0.3) is 11.0 Å². The van der Waals surface area contributed by atoms with Crippen molar-refractivity contribution < 1.29 is 13.9 Å². The molecule has 1 aromatic carbocycles. The Bertz CT molecular complexity index is 538. The van der Waals surface area contributed by atoms with Gasteiger partial charge in [-0.1, -0.05) is 39.3 Å². The SMILES string of the molecule is CC.CC.CC(=O)OCc1cc2cc(C)cc(C)c2o1. The molecule has 0 aliphatic rings. The zero-order valence-corrected chi connectivity index (χ0v) is 13.7. The van der Waals surface area contributed by atoms with Crippen molar-refractivity contribution in [1.82, 2.24) is 0 Å². The molecule has 2 aromatic rings. The number of hydrogen-bond donors (Lipinski definition) is 0. The van der Waals surface area contributed by atoms with Gasteiger partial charge >= 0.3 is 5.97 Å². The summed E-state index contributed by atoms with van der Waals surface area (Å²) in [6.07, 6.45) is 0. The lowest BCUT2D eigenvalue weighted by molar-refractivity contribution is -0.142. The number of carbonyl (C=O) groups excluding carboxylic acids is 1. The van der Waals surface area contributed by atoms with Crippen LogP contribution in [0.5, 0.6) is 0 Å². The van der Waals surface area contributed by atoms with Gasteiger partial charge in [0.25, 0.3) is 0 Å². The van der Waals surface area contributed by atoms with Crippen LogP contribution in [0.1, 0.15) is 51.5 Å². The minimum atomic E-state index is -0.298. The van der Waals surface area contributed by atoms with Gasteiger partial charge in [0.1, 0.15) is 18.0 Å². The largest absolute Gasteiger partial charge is 0.458 e. The third-order valence-electron chi connectivity index (χ3n) is 2.42. The van der Waals surface area contributed by atoms with E-state index in [1.807, 2.05) is 47.6 Å². The van der Waals surface area contributed by atoms with E-state index in [9.17, 15) is 4.79 Å². The van der Waals surface area contributed by atoms with E-state index in [0.29, 0.717) is 5.76 Å². The zero-order valence-electron chi connectivity index (χ0n) is 13.7. The Kier molecular flexibility index (Phi) is 8.37. The van der Waals surface area contributed by atoms with E-state index in [0.717, 1.165) is 16.5 Å². The first-order chi connectivity index (χ1) is 9.56. The van der Waals surface area contributed by atoms with Gasteiger partial charge in [-0.25, -0.2) is 0 Å². The molecule has 3 nitrogen and oxygen atoms in total. The Morgan fingerprint density at radius 3 is 2.25 bits per heavy atom. The van der Waals surface area contributed by atoms with E-state index in [1.54, 1.807) is 0 Å². The van der Waals surface area contributed by atoms with Crippen LogP contribution in [0.3, 0.4) is 0 Å². The molecule has 0 atom stereocenters. The van der Waals surface area contributed by atoms with E-state index >= 15 is 0 Å². The van der Waals surface area contributed by atoms with Crippen molar-refractivity contribution in [3.05, 3.63) is 35.1 Å². The maximum absolute atomic E-state index is 10.7. The fourth-order valence-corrected chi connectivity index (χ4v) is 1.81. The number of esters is 1. The highest BCUT2D eigenvalue weighted by Gasteiger charge is 2.07. The average molecular weight is 278 g/mol. The summed E-state index contributed by atoms with van der Waals surface area (Å²) in [7, 11) is 0. The van der Waals surface area contributed by atoms with Crippen LogP contribution in [-0.4, -0.2) is 5.97 Å². The predicted octanol–water partition coefficient (Wildman–Crippen LogP) is 5.17. The number of rotatable bonds is 2. The molecule has 0 N–H and O–H groups in total. The normalized spacial score (nSPS) is 9.15. The van der Waals surface area contributed by atoms with E-state index in [4.69, 9.17) is 9.15 Å². The Morgan fingerprint density at radius 2 is 1.70 bits per heavy atom. The van der Waals surface area contributed by atoms with Gasteiger partial charge in [0, 0.05) is 12.3 Å². The molecule has 112 valence electrons. The smallest absolute Gasteiger partial charge is 0.303 e. The van der Waals surface area contributed by atoms with Crippen LogP contribution in [0.2, 0.25) is 0 Å². The quantitative estimate of drug-likeness (QED) is 0.712. The fourth-order valence-electron chi connectivity index (χ4n) is 1.81. The zero-order chi connectivity index (χ0) is 15.7. The highest BCUT2D eigenvalue weighted by molar-refractivity contribution is 5.81. The molecule has 0 spiro atoms.